The van der Waals surface area contributed by atoms with Crippen LogP contribution in [0.5, 0.6) is 11.5 Å². The van der Waals surface area contributed by atoms with E-state index in [0.29, 0.717) is 6.67 Å². The minimum absolute atomic E-state index is 0.0543. The molecular weight excluding hydrogens is 860 g/mol. The molecule has 10 aromatic rings. The quantitative estimate of drug-likeness (QED) is 0.149. The van der Waals surface area contributed by atoms with Crippen molar-refractivity contribution in [2.24, 2.45) is 0 Å². The Kier molecular flexibility index (Phi) is 9.87. The molecule has 0 spiro atoms. The Labute approximate surface area is 387 Å². The molecule has 0 unspecified atom stereocenters. The van der Waals surface area contributed by atoms with Gasteiger partial charge in [0.05, 0.1) is 17.1 Å². The SMILES string of the molecule is Cc1cc(-n2c3ccccc3c3ccc(Oc4cc(N5CN(c6c(-c7ccccc7)cc(C(C)(C)C)cc6-c6ccccc6)c6ccccc65)cc(C(C)(C)C)c4)cc32)nc2[se]ccc12. The average molecular weight is 912 g/mol. The van der Waals surface area contributed by atoms with Gasteiger partial charge in [0.2, 0.25) is 0 Å². The number of benzene rings is 7. The Bertz CT molecular complexity index is 3360. The molecule has 65 heavy (non-hydrogen) atoms. The van der Waals surface area contributed by atoms with Crippen molar-refractivity contribution in [3.63, 3.8) is 0 Å². The summed E-state index contributed by atoms with van der Waals surface area (Å²) in [6.45, 7) is 16.6. The first-order valence-corrected chi connectivity index (χ1v) is 24.4. The molecule has 1 aliphatic rings. The summed E-state index contributed by atoms with van der Waals surface area (Å²) in [5.41, 5.74) is 15.2. The standard InChI is InChI=1S/C59H52N4OSe/c1-38-30-55(60-57-46(38)28-29-65-57)63-51-23-15-14-22-47(51)48-27-26-44(36-54(48)63)64-45-32-41(58(2,3)4)31-43(35-45)61-37-62(53-25-17-16-24-52(53)61)56-49(39-18-10-8-11-19-39)33-42(59(5,6)7)34-50(56)40-20-12-9-13-21-40/h8-36H,37H2,1-7H3. The third-order valence-corrected chi connectivity index (χ3v) is 14.7. The van der Waals surface area contributed by atoms with Crippen molar-refractivity contribution in [1.29, 1.82) is 0 Å². The predicted molar refractivity (Wildman–Crippen MR) is 275 cm³/mol. The first kappa shape index (κ1) is 40.9. The van der Waals surface area contributed by atoms with E-state index in [2.05, 4.69) is 238 Å². The molecule has 11 rings (SSSR count). The van der Waals surface area contributed by atoms with E-state index < -0.39 is 0 Å². The van der Waals surface area contributed by atoms with E-state index in [1.807, 2.05) is 0 Å². The van der Waals surface area contributed by atoms with Gasteiger partial charge in [0, 0.05) is 11.1 Å². The molecule has 7 aromatic carbocycles. The summed E-state index contributed by atoms with van der Waals surface area (Å²) in [5.74, 6) is 2.53. The molecule has 0 amide bonds. The Balaban J connectivity index is 1.04. The van der Waals surface area contributed by atoms with E-state index in [1.165, 1.54) is 70.9 Å². The number of para-hydroxylation sites is 3. The van der Waals surface area contributed by atoms with Gasteiger partial charge in [-0.1, -0.05) is 114 Å². The summed E-state index contributed by atoms with van der Waals surface area (Å²) < 4.78 is 10.5. The van der Waals surface area contributed by atoms with Crippen molar-refractivity contribution in [3.8, 4) is 39.6 Å². The number of aryl methyl sites for hydroxylation is 1. The second-order valence-electron chi connectivity index (χ2n) is 19.4. The van der Waals surface area contributed by atoms with Gasteiger partial charge in [-0.15, -0.1) is 0 Å². The molecule has 0 saturated carbocycles. The van der Waals surface area contributed by atoms with E-state index in [1.54, 1.807) is 0 Å². The zero-order chi connectivity index (χ0) is 44.6. The molecule has 0 aliphatic carbocycles. The van der Waals surface area contributed by atoms with Crippen molar-refractivity contribution in [3.05, 3.63) is 191 Å². The Morgan fingerprint density at radius 1 is 0.523 bits per heavy atom. The number of nitrogens with zero attached hydrogens (tertiary/aromatic N) is 4. The number of rotatable bonds is 7. The van der Waals surface area contributed by atoms with Crippen molar-refractivity contribution in [2.75, 3.05) is 16.5 Å². The van der Waals surface area contributed by atoms with Crippen LogP contribution in [0.15, 0.2) is 175 Å². The van der Waals surface area contributed by atoms with E-state index in [-0.39, 0.29) is 25.3 Å². The normalized spacial score (nSPS) is 13.0. The van der Waals surface area contributed by atoms with E-state index in [9.17, 15) is 0 Å². The van der Waals surface area contributed by atoms with Crippen LogP contribution >= 0.6 is 0 Å². The fourth-order valence-corrected chi connectivity index (χ4v) is 11.3. The fourth-order valence-electron chi connectivity index (χ4n) is 9.50. The van der Waals surface area contributed by atoms with Crippen molar-refractivity contribution in [2.45, 2.75) is 59.3 Å². The zero-order valence-corrected chi connectivity index (χ0v) is 39.8. The van der Waals surface area contributed by atoms with Crippen LogP contribution in [0.2, 0.25) is 0 Å². The van der Waals surface area contributed by atoms with Crippen LogP contribution in [0, 0.1) is 6.92 Å². The van der Waals surface area contributed by atoms with Crippen LogP contribution in [0.4, 0.5) is 22.7 Å². The first-order chi connectivity index (χ1) is 31.4. The number of anilines is 4. The van der Waals surface area contributed by atoms with Gasteiger partial charge in [-0.2, -0.15) is 0 Å². The van der Waals surface area contributed by atoms with Gasteiger partial charge < -0.3 is 4.90 Å². The molecule has 3 aromatic heterocycles. The van der Waals surface area contributed by atoms with Crippen molar-refractivity contribution >= 4 is 68.8 Å². The molecule has 4 heterocycles. The van der Waals surface area contributed by atoms with Gasteiger partial charge in [-0.3, -0.25) is 0 Å². The molecule has 0 radical (unpaired) electrons. The summed E-state index contributed by atoms with van der Waals surface area (Å²) in [4.78, 5) is 12.5. The van der Waals surface area contributed by atoms with Crippen LogP contribution in [0.25, 0.3) is 59.7 Å². The fraction of sp³-hybridized carbons (Fsp3) is 0.169. The molecular formula is C59H52N4OSe. The van der Waals surface area contributed by atoms with Gasteiger partial charge in [0.15, 0.2) is 0 Å². The van der Waals surface area contributed by atoms with E-state index in [0.717, 1.165) is 39.7 Å². The van der Waals surface area contributed by atoms with Crippen molar-refractivity contribution < 1.29 is 4.74 Å². The van der Waals surface area contributed by atoms with Gasteiger partial charge in [-0.05, 0) is 46.4 Å². The van der Waals surface area contributed by atoms with E-state index >= 15 is 0 Å². The maximum atomic E-state index is 7.02. The van der Waals surface area contributed by atoms with Crippen LogP contribution in [0.1, 0.15) is 58.2 Å². The number of pyridine rings is 1. The maximum absolute atomic E-state index is 7.02. The zero-order valence-electron chi connectivity index (χ0n) is 38.1. The minimum atomic E-state index is -0.138. The Morgan fingerprint density at radius 3 is 1.80 bits per heavy atom. The van der Waals surface area contributed by atoms with Crippen LogP contribution in [-0.2, 0) is 10.8 Å². The number of ether oxygens (including phenoxy) is 1. The Hall–Kier alpha value is -6.85. The first-order valence-electron chi connectivity index (χ1n) is 22.5. The summed E-state index contributed by atoms with van der Waals surface area (Å²) in [6.07, 6.45) is 0. The topological polar surface area (TPSA) is 33.5 Å². The Morgan fingerprint density at radius 2 is 1.12 bits per heavy atom. The number of fused-ring (bicyclic) bond motifs is 5. The monoisotopic (exact) mass is 912 g/mol. The number of hydrogen-bond acceptors (Lipinski definition) is 4. The molecule has 0 saturated heterocycles. The summed E-state index contributed by atoms with van der Waals surface area (Å²) in [6, 6.07) is 61.9. The number of hydrogen-bond donors (Lipinski definition) is 0. The molecule has 1 aliphatic heterocycles. The average Bonchev–Trinajstić information content (AvgIpc) is 4.03. The predicted octanol–water partition coefficient (Wildman–Crippen LogP) is 15.7. The van der Waals surface area contributed by atoms with Gasteiger partial charge >= 0.3 is 189 Å². The molecule has 0 atom stereocenters. The number of aromatic nitrogens is 2. The van der Waals surface area contributed by atoms with Crippen LogP contribution in [0.3, 0.4) is 0 Å². The third kappa shape index (κ3) is 7.31. The molecule has 0 bridgehead atoms. The third-order valence-electron chi connectivity index (χ3n) is 13.0. The molecule has 0 fully saturated rings. The molecule has 320 valence electrons. The van der Waals surface area contributed by atoms with Crippen LogP contribution < -0.4 is 14.5 Å². The van der Waals surface area contributed by atoms with E-state index in [4.69, 9.17) is 9.72 Å². The van der Waals surface area contributed by atoms with Gasteiger partial charge in [0.1, 0.15) is 6.67 Å². The van der Waals surface area contributed by atoms with Crippen LogP contribution in [-0.4, -0.2) is 30.7 Å². The summed E-state index contributed by atoms with van der Waals surface area (Å²) in [7, 11) is 0. The second-order valence-corrected chi connectivity index (χ2v) is 21.3. The summed E-state index contributed by atoms with van der Waals surface area (Å²) in [5, 5.41) is 3.64. The molecule has 6 heteroatoms. The molecule has 0 N–H and O–H groups in total. The summed E-state index contributed by atoms with van der Waals surface area (Å²) >= 11 is 0.233. The van der Waals surface area contributed by atoms with Crippen molar-refractivity contribution in [1.82, 2.24) is 9.55 Å². The molecule has 5 nitrogen and oxygen atoms in total. The van der Waals surface area contributed by atoms with Gasteiger partial charge in [-0.25, -0.2) is 0 Å². The second kappa shape index (κ2) is 15.7. The van der Waals surface area contributed by atoms with Gasteiger partial charge in [0.25, 0.3) is 0 Å².